The summed E-state index contributed by atoms with van der Waals surface area (Å²) in [6.07, 6.45) is 3.32. The quantitative estimate of drug-likeness (QED) is 0.342. The van der Waals surface area contributed by atoms with Gasteiger partial charge in [0.25, 0.3) is 5.91 Å². The Morgan fingerprint density at radius 3 is 2.52 bits per heavy atom. The first kappa shape index (κ1) is 32.4. The summed E-state index contributed by atoms with van der Waals surface area (Å²) in [7, 11) is 1.48. The Kier molecular flexibility index (Phi) is 9.69. The van der Waals surface area contributed by atoms with E-state index in [2.05, 4.69) is 10.2 Å². The first-order valence-electron chi connectivity index (χ1n) is 13.8. The molecule has 1 saturated heterocycles. The minimum Gasteiger partial charge on any atom is -0.492 e. The Hall–Kier alpha value is -2.56. The van der Waals surface area contributed by atoms with E-state index in [1.54, 1.807) is 38.2 Å². The lowest BCUT2D eigenvalue weighted by Gasteiger charge is -2.43. The van der Waals surface area contributed by atoms with E-state index in [4.69, 9.17) is 27.9 Å². The highest BCUT2D eigenvalue weighted by molar-refractivity contribution is 6.35. The number of β-amino-alcohol motifs (C(OH)–C–C–N with tert-alkyl or cyclic N) is 1. The fourth-order valence-electron chi connectivity index (χ4n) is 5.60. The van der Waals surface area contributed by atoms with Gasteiger partial charge in [-0.15, -0.1) is 12.4 Å². The van der Waals surface area contributed by atoms with Crippen LogP contribution in [-0.4, -0.2) is 65.4 Å². The average molecular weight is 642 g/mol. The largest absolute Gasteiger partial charge is 0.492 e. The molecular weight excluding hydrogens is 606 g/mol. The number of anilines is 1. The van der Waals surface area contributed by atoms with Gasteiger partial charge in [0, 0.05) is 61.0 Å². The number of piperazine rings is 1. The SMILES string of the molecule is COc1c(N2CCN(CC(C)(C)O)C(C)C2)c(F)cc2c(=O)c(C(=O)NCc3ccc(Cl)cc3Cl)cn(C3CC3)c12.Cl. The van der Waals surface area contributed by atoms with Crippen molar-refractivity contribution in [1.82, 2.24) is 14.8 Å². The number of nitrogens with one attached hydrogen (secondary N) is 1. The second-order valence-corrected chi connectivity index (χ2v) is 12.5. The van der Waals surface area contributed by atoms with Crippen LogP contribution in [0.15, 0.2) is 35.3 Å². The zero-order valence-electron chi connectivity index (χ0n) is 24.0. The summed E-state index contributed by atoms with van der Waals surface area (Å²) in [6.45, 7) is 7.90. The number of carbonyl (C=O) groups is 1. The highest BCUT2D eigenvalue weighted by Gasteiger charge is 2.34. The predicted octanol–water partition coefficient (Wildman–Crippen LogP) is 5.42. The number of halogens is 4. The molecule has 0 spiro atoms. The van der Waals surface area contributed by atoms with Gasteiger partial charge in [-0.3, -0.25) is 14.5 Å². The fraction of sp³-hybridized carbons (Fsp3) is 0.467. The topological polar surface area (TPSA) is 87.0 Å². The third-order valence-corrected chi connectivity index (χ3v) is 8.30. The Labute approximate surface area is 260 Å². The third-order valence-electron chi connectivity index (χ3n) is 7.71. The third kappa shape index (κ3) is 6.65. The van der Waals surface area contributed by atoms with Crippen LogP contribution >= 0.6 is 35.6 Å². The van der Waals surface area contributed by atoms with Crippen LogP contribution in [0.3, 0.4) is 0 Å². The molecular formula is C30H36Cl3FN4O4. The lowest BCUT2D eigenvalue weighted by atomic mass is 10.0. The molecule has 228 valence electrons. The number of hydrogen-bond donors (Lipinski definition) is 2. The normalized spacial score (nSPS) is 17.7. The predicted molar refractivity (Wildman–Crippen MR) is 167 cm³/mol. The lowest BCUT2D eigenvalue weighted by molar-refractivity contribution is 0.0200. The Bertz CT molecular complexity index is 1550. The van der Waals surface area contributed by atoms with E-state index >= 15 is 4.39 Å². The monoisotopic (exact) mass is 640 g/mol. The van der Waals surface area contributed by atoms with Crippen LogP contribution in [0.2, 0.25) is 10.0 Å². The second kappa shape index (κ2) is 12.6. The molecule has 8 nitrogen and oxygen atoms in total. The van der Waals surface area contributed by atoms with Crippen molar-refractivity contribution in [3.8, 4) is 5.75 Å². The number of benzene rings is 2. The van der Waals surface area contributed by atoms with Gasteiger partial charge in [0.2, 0.25) is 5.43 Å². The minimum absolute atomic E-state index is 0. The molecule has 2 heterocycles. The van der Waals surface area contributed by atoms with Crippen molar-refractivity contribution in [2.45, 2.75) is 57.8 Å². The Balaban J connectivity index is 0.00000405. The maximum Gasteiger partial charge on any atom is 0.257 e. The molecule has 2 N–H and O–H groups in total. The molecule has 1 amide bonds. The molecule has 42 heavy (non-hydrogen) atoms. The van der Waals surface area contributed by atoms with Crippen LogP contribution in [0.5, 0.6) is 5.75 Å². The van der Waals surface area contributed by atoms with E-state index in [1.807, 2.05) is 16.4 Å². The number of ether oxygens (including phenoxy) is 1. The number of aliphatic hydroxyl groups is 1. The van der Waals surface area contributed by atoms with Gasteiger partial charge in [-0.1, -0.05) is 29.3 Å². The molecule has 0 radical (unpaired) electrons. The Morgan fingerprint density at radius 2 is 1.93 bits per heavy atom. The standard InChI is InChI=1S/C30H35Cl2FN4O4.ClH/c1-17-14-35(9-10-36(17)16-30(2,3)40)26-24(33)12-21-25(28(26)41-4)37(20-7-8-20)15-22(27(21)38)29(39)34-13-18-5-6-19(31)11-23(18)32;/h5-6,11-12,15,17,20,40H,7-10,13-14,16H2,1-4H3,(H,34,39);1H. The van der Waals surface area contributed by atoms with Crippen molar-refractivity contribution in [3.63, 3.8) is 0 Å². The van der Waals surface area contributed by atoms with Gasteiger partial charge in [-0.2, -0.15) is 0 Å². The van der Waals surface area contributed by atoms with E-state index in [0.29, 0.717) is 53.0 Å². The number of fused-ring (bicyclic) bond motifs is 1. The summed E-state index contributed by atoms with van der Waals surface area (Å²) >= 11 is 12.2. The van der Waals surface area contributed by atoms with Gasteiger partial charge < -0.3 is 24.6 Å². The number of pyridine rings is 1. The van der Waals surface area contributed by atoms with Crippen molar-refractivity contribution in [3.05, 3.63) is 67.7 Å². The molecule has 1 atom stereocenters. The van der Waals surface area contributed by atoms with Crippen LogP contribution in [0.4, 0.5) is 10.1 Å². The maximum absolute atomic E-state index is 15.9. The van der Waals surface area contributed by atoms with Crippen LogP contribution < -0.4 is 20.4 Å². The molecule has 1 aromatic heterocycles. The number of rotatable bonds is 8. The maximum atomic E-state index is 15.9. The minimum atomic E-state index is -0.840. The van der Waals surface area contributed by atoms with Gasteiger partial charge in [0.15, 0.2) is 11.6 Å². The van der Waals surface area contributed by atoms with E-state index < -0.39 is 22.8 Å². The summed E-state index contributed by atoms with van der Waals surface area (Å²) in [5.74, 6) is -0.869. The zero-order valence-corrected chi connectivity index (χ0v) is 26.4. The number of amides is 1. The number of aromatic nitrogens is 1. The van der Waals surface area contributed by atoms with Crippen LogP contribution in [-0.2, 0) is 6.54 Å². The molecule has 1 saturated carbocycles. The molecule has 2 aliphatic rings. The number of hydrogen-bond acceptors (Lipinski definition) is 6. The molecule has 0 bridgehead atoms. The highest BCUT2D eigenvalue weighted by atomic mass is 35.5. The van der Waals surface area contributed by atoms with Gasteiger partial charge in [0.1, 0.15) is 11.3 Å². The van der Waals surface area contributed by atoms with Crippen LogP contribution in [0, 0.1) is 5.82 Å². The van der Waals surface area contributed by atoms with Crippen molar-refractivity contribution in [2.24, 2.45) is 0 Å². The summed E-state index contributed by atoms with van der Waals surface area (Å²) in [5, 5.41) is 14.0. The molecule has 2 fully saturated rings. The van der Waals surface area contributed by atoms with E-state index in [1.165, 1.54) is 13.2 Å². The fourth-order valence-corrected chi connectivity index (χ4v) is 6.07. The van der Waals surface area contributed by atoms with Crippen molar-refractivity contribution < 1.29 is 19.0 Å². The number of methoxy groups -OCH3 is 1. The highest BCUT2D eigenvalue weighted by Crippen LogP contribution is 2.44. The van der Waals surface area contributed by atoms with Crippen molar-refractivity contribution in [1.29, 1.82) is 0 Å². The molecule has 1 aliphatic carbocycles. The summed E-state index contributed by atoms with van der Waals surface area (Å²) in [6, 6.07) is 6.33. The first-order valence-corrected chi connectivity index (χ1v) is 14.5. The molecule has 2 aromatic carbocycles. The van der Waals surface area contributed by atoms with Gasteiger partial charge in [-0.25, -0.2) is 4.39 Å². The molecule has 12 heteroatoms. The lowest BCUT2D eigenvalue weighted by Crippen LogP contribution is -2.55. The van der Waals surface area contributed by atoms with Crippen LogP contribution in [0.25, 0.3) is 10.9 Å². The summed E-state index contributed by atoms with van der Waals surface area (Å²) in [5.41, 5.74) is -0.0325. The smallest absolute Gasteiger partial charge is 0.257 e. The van der Waals surface area contributed by atoms with Gasteiger partial charge in [-0.05, 0) is 57.4 Å². The summed E-state index contributed by atoms with van der Waals surface area (Å²) in [4.78, 5) is 31.0. The number of nitrogens with zero attached hydrogens (tertiary/aromatic N) is 3. The van der Waals surface area contributed by atoms with Crippen LogP contribution in [0.1, 0.15) is 55.6 Å². The van der Waals surface area contributed by atoms with E-state index in [0.717, 1.165) is 12.8 Å². The second-order valence-electron chi connectivity index (χ2n) is 11.6. The first-order chi connectivity index (χ1) is 19.4. The molecule has 1 unspecified atom stereocenters. The van der Waals surface area contributed by atoms with Crippen molar-refractivity contribution in [2.75, 3.05) is 38.2 Å². The number of carbonyl (C=O) groups excluding carboxylic acids is 1. The Morgan fingerprint density at radius 1 is 1.21 bits per heavy atom. The van der Waals surface area contributed by atoms with E-state index in [-0.39, 0.29) is 47.7 Å². The molecule has 5 rings (SSSR count). The molecule has 3 aromatic rings. The summed E-state index contributed by atoms with van der Waals surface area (Å²) < 4.78 is 23.6. The van der Waals surface area contributed by atoms with Crippen molar-refractivity contribution >= 4 is 58.1 Å². The van der Waals surface area contributed by atoms with Gasteiger partial charge >= 0.3 is 0 Å². The average Bonchev–Trinajstić information content (AvgIpc) is 3.74. The van der Waals surface area contributed by atoms with Gasteiger partial charge in [0.05, 0.1) is 23.6 Å². The zero-order chi connectivity index (χ0) is 29.6. The molecule has 1 aliphatic heterocycles. The van der Waals surface area contributed by atoms with E-state index in [9.17, 15) is 14.7 Å².